The highest BCUT2D eigenvalue weighted by atomic mass is 32.1. The van der Waals surface area contributed by atoms with E-state index in [1.807, 2.05) is 13.0 Å². The molecule has 122 valence electrons. The van der Waals surface area contributed by atoms with E-state index in [0.717, 1.165) is 44.0 Å². The summed E-state index contributed by atoms with van der Waals surface area (Å²) in [6.07, 6.45) is 0.920. The summed E-state index contributed by atoms with van der Waals surface area (Å²) >= 11 is 4.94. The topological polar surface area (TPSA) is 56.3 Å². The second-order valence-electron chi connectivity index (χ2n) is 5.70. The van der Waals surface area contributed by atoms with Gasteiger partial charge in [0.05, 0.1) is 0 Å². The first-order valence-corrected chi connectivity index (χ1v) is 8.01. The number of benzene rings is 1. The number of nitriles is 1. The van der Waals surface area contributed by atoms with E-state index in [-0.39, 0.29) is 10.8 Å². The van der Waals surface area contributed by atoms with Gasteiger partial charge in [-0.15, -0.1) is 0 Å². The van der Waals surface area contributed by atoms with Crippen LogP contribution in [-0.2, 0) is 0 Å². The molecule has 0 atom stereocenters. The van der Waals surface area contributed by atoms with Gasteiger partial charge in [0.15, 0.2) is 0 Å². The molecule has 0 spiro atoms. The molecule has 0 amide bonds. The monoisotopic (exact) mass is 332 g/mol. The quantitative estimate of drug-likeness (QED) is 0.524. The molecule has 2 rings (SSSR count). The van der Waals surface area contributed by atoms with E-state index in [4.69, 9.17) is 18.0 Å². The van der Waals surface area contributed by atoms with Gasteiger partial charge in [-0.3, -0.25) is 0 Å². The Morgan fingerprint density at radius 2 is 2.04 bits per heavy atom. The van der Waals surface area contributed by atoms with Gasteiger partial charge in [-0.05, 0) is 38.0 Å². The van der Waals surface area contributed by atoms with Gasteiger partial charge in [-0.2, -0.15) is 5.26 Å². The lowest BCUT2D eigenvalue weighted by Gasteiger charge is -2.26. The van der Waals surface area contributed by atoms with Crippen molar-refractivity contribution < 1.29 is 4.39 Å². The van der Waals surface area contributed by atoms with Crippen molar-refractivity contribution in [1.29, 1.82) is 5.26 Å². The van der Waals surface area contributed by atoms with Crippen LogP contribution < -0.4 is 10.6 Å². The van der Waals surface area contributed by atoms with Crippen molar-refractivity contribution in [3.63, 3.8) is 0 Å². The molecule has 0 bridgehead atoms. The van der Waals surface area contributed by atoms with Crippen molar-refractivity contribution in [1.82, 2.24) is 4.90 Å². The minimum absolute atomic E-state index is 0.131. The average Bonchev–Trinajstić information content (AvgIpc) is 2.76. The van der Waals surface area contributed by atoms with Crippen molar-refractivity contribution >= 4 is 22.9 Å². The van der Waals surface area contributed by atoms with Crippen LogP contribution in [0.4, 0.5) is 10.1 Å². The minimum atomic E-state index is -0.181. The molecule has 1 aliphatic heterocycles. The number of aryl methyl sites for hydroxylation is 1. The zero-order valence-electron chi connectivity index (χ0n) is 13.5. The third-order valence-electron chi connectivity index (χ3n) is 4.21. The van der Waals surface area contributed by atoms with E-state index < -0.39 is 0 Å². The van der Waals surface area contributed by atoms with Crippen LogP contribution in [0.5, 0.6) is 0 Å². The smallest absolute Gasteiger partial charge is 0.128 e. The molecule has 2 N–H and O–H groups in total. The van der Waals surface area contributed by atoms with Crippen LogP contribution in [0.1, 0.15) is 18.9 Å². The maximum Gasteiger partial charge on any atom is 0.128 e. The third kappa shape index (κ3) is 3.99. The molecule has 23 heavy (non-hydrogen) atoms. The normalized spacial score (nSPS) is 16.4. The first-order chi connectivity index (χ1) is 10.9. The maximum absolute atomic E-state index is 13.8. The molecule has 0 aliphatic carbocycles. The lowest BCUT2D eigenvalue weighted by molar-refractivity contribution is 0.369. The molecule has 6 heteroatoms. The molecular weight excluding hydrogens is 311 g/mol. The van der Waals surface area contributed by atoms with Crippen molar-refractivity contribution in [3.8, 4) is 6.07 Å². The standard InChI is InChI=1S/C17H21FN4S/c1-12-4-5-14(10-16(12)18)22-7-3-6-21(8-9-22)13(2)15(11-19)17(20)23/h4-5,10H,3,6-9H2,1-2H3,(H2,20,23). The molecule has 1 aliphatic rings. The van der Waals surface area contributed by atoms with Crippen LogP contribution in [0.15, 0.2) is 29.5 Å². The summed E-state index contributed by atoms with van der Waals surface area (Å²) in [4.78, 5) is 4.43. The zero-order chi connectivity index (χ0) is 17.0. The fraction of sp³-hybridized carbons (Fsp3) is 0.412. The van der Waals surface area contributed by atoms with Crippen molar-refractivity contribution in [2.75, 3.05) is 31.1 Å². The van der Waals surface area contributed by atoms with E-state index in [9.17, 15) is 9.65 Å². The Bertz CT molecular complexity index is 678. The summed E-state index contributed by atoms with van der Waals surface area (Å²) in [5, 5.41) is 9.20. The number of hydrogen-bond donors (Lipinski definition) is 1. The molecule has 0 aromatic heterocycles. The van der Waals surface area contributed by atoms with E-state index in [1.165, 1.54) is 0 Å². The van der Waals surface area contributed by atoms with Gasteiger partial charge in [0.2, 0.25) is 0 Å². The zero-order valence-corrected chi connectivity index (χ0v) is 14.3. The predicted octanol–water partition coefficient (Wildman–Crippen LogP) is 2.73. The number of allylic oxidation sites excluding steroid dienone is 1. The second kappa shape index (κ2) is 7.42. The summed E-state index contributed by atoms with van der Waals surface area (Å²) in [6.45, 7) is 6.81. The molecule has 1 aromatic carbocycles. The summed E-state index contributed by atoms with van der Waals surface area (Å²) in [5.41, 5.74) is 8.35. The predicted molar refractivity (Wildman–Crippen MR) is 94.6 cm³/mol. The molecule has 0 unspecified atom stereocenters. The molecule has 1 fully saturated rings. The SMILES string of the molecule is CC(=C(C#N)C(N)=S)N1CCCN(c2ccc(C)c(F)c2)CC1. The largest absolute Gasteiger partial charge is 0.389 e. The number of rotatable bonds is 3. The van der Waals surface area contributed by atoms with Crippen molar-refractivity contribution in [2.24, 2.45) is 5.73 Å². The third-order valence-corrected chi connectivity index (χ3v) is 4.41. The van der Waals surface area contributed by atoms with Crippen molar-refractivity contribution in [2.45, 2.75) is 20.3 Å². The fourth-order valence-electron chi connectivity index (χ4n) is 2.76. The van der Waals surface area contributed by atoms with Gasteiger partial charge in [-0.25, -0.2) is 4.39 Å². The van der Waals surface area contributed by atoms with Gasteiger partial charge in [0.25, 0.3) is 0 Å². The van der Waals surface area contributed by atoms with Gasteiger partial charge in [-0.1, -0.05) is 18.3 Å². The van der Waals surface area contributed by atoms with Crippen molar-refractivity contribution in [3.05, 3.63) is 40.8 Å². The Morgan fingerprint density at radius 3 is 2.65 bits per heavy atom. The molecule has 1 heterocycles. The summed E-state index contributed by atoms with van der Waals surface area (Å²) < 4.78 is 13.8. The van der Waals surface area contributed by atoms with Crippen LogP contribution in [0.3, 0.4) is 0 Å². The van der Waals surface area contributed by atoms with Crippen LogP contribution in [0.2, 0.25) is 0 Å². The minimum Gasteiger partial charge on any atom is -0.389 e. The average molecular weight is 332 g/mol. The number of hydrogen-bond acceptors (Lipinski definition) is 4. The highest BCUT2D eigenvalue weighted by molar-refractivity contribution is 7.80. The van der Waals surface area contributed by atoms with E-state index in [1.54, 1.807) is 19.1 Å². The fourth-order valence-corrected chi connectivity index (χ4v) is 2.96. The van der Waals surface area contributed by atoms with Gasteiger partial charge < -0.3 is 15.5 Å². The first kappa shape index (κ1) is 17.2. The highest BCUT2D eigenvalue weighted by Gasteiger charge is 2.18. The lowest BCUT2D eigenvalue weighted by Crippen LogP contribution is -2.31. The second-order valence-corrected chi connectivity index (χ2v) is 6.14. The number of thiocarbonyl (C=S) groups is 1. The number of anilines is 1. The number of halogens is 1. The number of nitrogens with zero attached hydrogens (tertiary/aromatic N) is 3. The van der Waals surface area contributed by atoms with Gasteiger partial charge in [0.1, 0.15) is 22.4 Å². The Morgan fingerprint density at radius 1 is 1.30 bits per heavy atom. The van der Waals surface area contributed by atoms with Gasteiger partial charge >= 0.3 is 0 Å². The van der Waals surface area contributed by atoms with E-state index in [0.29, 0.717) is 11.1 Å². The van der Waals surface area contributed by atoms with E-state index >= 15 is 0 Å². The van der Waals surface area contributed by atoms with Crippen LogP contribution >= 0.6 is 12.2 Å². The summed E-state index contributed by atoms with van der Waals surface area (Å²) in [6, 6.07) is 7.43. The van der Waals surface area contributed by atoms with E-state index in [2.05, 4.69) is 15.9 Å². The van der Waals surface area contributed by atoms with Crippen LogP contribution in [-0.4, -0.2) is 36.1 Å². The lowest BCUT2D eigenvalue weighted by atomic mass is 10.2. The summed E-state index contributed by atoms with van der Waals surface area (Å²) in [7, 11) is 0. The maximum atomic E-state index is 13.8. The Hall–Kier alpha value is -2.13. The Kier molecular flexibility index (Phi) is 5.56. The Labute approximate surface area is 142 Å². The molecule has 4 nitrogen and oxygen atoms in total. The van der Waals surface area contributed by atoms with Crippen LogP contribution in [0.25, 0.3) is 0 Å². The molecule has 0 radical (unpaired) electrons. The molecule has 1 saturated heterocycles. The van der Waals surface area contributed by atoms with Crippen LogP contribution in [0, 0.1) is 24.1 Å². The Balaban J connectivity index is 2.15. The molecule has 1 aromatic rings. The molecular formula is C17H21FN4S. The first-order valence-electron chi connectivity index (χ1n) is 7.61. The molecule has 0 saturated carbocycles. The highest BCUT2D eigenvalue weighted by Crippen LogP contribution is 2.21. The summed E-state index contributed by atoms with van der Waals surface area (Å²) in [5.74, 6) is -0.181. The number of nitrogens with two attached hydrogens (primary N) is 1. The van der Waals surface area contributed by atoms with Gasteiger partial charge in [0, 0.05) is 37.6 Å².